The summed E-state index contributed by atoms with van der Waals surface area (Å²) in [5.74, 6) is 2.37. The van der Waals surface area contributed by atoms with Gasteiger partial charge in [0, 0.05) is 0 Å². The standard InChI is InChI=1S/C19H34/c1-13(2)15-11-17-18(5,6)9-8-10-19(17,7)12-16(15)14(3)4/h13-14,17H,8-12H2,1-7H3. The first-order valence-corrected chi connectivity index (χ1v) is 8.39. The van der Waals surface area contributed by atoms with Crippen molar-refractivity contribution in [3.63, 3.8) is 0 Å². The molecule has 0 saturated heterocycles. The fourth-order valence-electron chi connectivity index (χ4n) is 5.05. The monoisotopic (exact) mass is 262 g/mol. The lowest BCUT2D eigenvalue weighted by Crippen LogP contribution is -2.45. The van der Waals surface area contributed by atoms with E-state index in [1.165, 1.54) is 32.1 Å². The first kappa shape index (κ1) is 15.1. The minimum Gasteiger partial charge on any atom is -0.0679 e. The van der Waals surface area contributed by atoms with Gasteiger partial charge in [0.25, 0.3) is 0 Å². The zero-order valence-corrected chi connectivity index (χ0v) is 14.3. The number of fused-ring (bicyclic) bond motifs is 1. The third-order valence-electron chi connectivity index (χ3n) is 6.18. The minimum atomic E-state index is 0.537. The maximum absolute atomic E-state index is 2.58. The lowest BCUT2D eigenvalue weighted by Gasteiger charge is -2.55. The molecular weight excluding hydrogens is 228 g/mol. The van der Waals surface area contributed by atoms with E-state index in [0.717, 1.165) is 17.8 Å². The summed E-state index contributed by atoms with van der Waals surface area (Å²) in [5, 5.41) is 0. The molecule has 0 nitrogen and oxygen atoms in total. The summed E-state index contributed by atoms with van der Waals surface area (Å²) >= 11 is 0. The van der Waals surface area contributed by atoms with Crippen LogP contribution in [0.3, 0.4) is 0 Å². The SMILES string of the molecule is CC(C)C1=C(C(C)C)CC2(C)CCCC(C)(C)C2C1. The molecule has 2 aliphatic carbocycles. The largest absolute Gasteiger partial charge is 0.0679 e. The predicted molar refractivity (Wildman–Crippen MR) is 85.2 cm³/mol. The van der Waals surface area contributed by atoms with Crippen LogP contribution in [0.2, 0.25) is 0 Å². The van der Waals surface area contributed by atoms with Gasteiger partial charge in [0.15, 0.2) is 0 Å². The Morgan fingerprint density at radius 3 is 2.00 bits per heavy atom. The topological polar surface area (TPSA) is 0 Å². The van der Waals surface area contributed by atoms with Crippen molar-refractivity contribution in [3.05, 3.63) is 11.1 Å². The predicted octanol–water partition coefficient (Wildman–Crippen LogP) is 6.22. The first-order chi connectivity index (χ1) is 8.67. The van der Waals surface area contributed by atoms with Crippen LogP contribution in [-0.4, -0.2) is 0 Å². The fraction of sp³-hybridized carbons (Fsp3) is 0.895. The molecule has 0 aromatic heterocycles. The summed E-state index contributed by atoms with van der Waals surface area (Å²) in [5.41, 5.74) is 4.70. The van der Waals surface area contributed by atoms with Gasteiger partial charge in [-0.15, -0.1) is 0 Å². The summed E-state index contributed by atoms with van der Waals surface area (Å²) < 4.78 is 0. The molecule has 1 saturated carbocycles. The molecule has 110 valence electrons. The van der Waals surface area contributed by atoms with Gasteiger partial charge < -0.3 is 0 Å². The van der Waals surface area contributed by atoms with Gasteiger partial charge in [-0.05, 0) is 54.3 Å². The van der Waals surface area contributed by atoms with Crippen LogP contribution in [0.1, 0.15) is 80.6 Å². The van der Waals surface area contributed by atoms with E-state index in [1.807, 2.05) is 0 Å². The number of allylic oxidation sites excluding steroid dienone is 2. The fourth-order valence-corrected chi connectivity index (χ4v) is 5.05. The first-order valence-electron chi connectivity index (χ1n) is 8.39. The van der Waals surface area contributed by atoms with Crippen molar-refractivity contribution in [2.75, 3.05) is 0 Å². The molecule has 19 heavy (non-hydrogen) atoms. The molecule has 0 spiro atoms. The summed E-state index contributed by atoms with van der Waals surface area (Å²) in [7, 11) is 0. The molecular formula is C19H34. The van der Waals surface area contributed by atoms with E-state index < -0.39 is 0 Å². The lowest BCUT2D eigenvalue weighted by atomic mass is 9.50. The number of rotatable bonds is 2. The Labute approximate surface area is 121 Å². The highest BCUT2D eigenvalue weighted by Gasteiger charge is 2.49. The third-order valence-corrected chi connectivity index (χ3v) is 6.18. The Morgan fingerprint density at radius 2 is 1.47 bits per heavy atom. The van der Waals surface area contributed by atoms with Gasteiger partial charge in [0.1, 0.15) is 0 Å². The lowest BCUT2D eigenvalue weighted by molar-refractivity contribution is -0.00920. The molecule has 0 radical (unpaired) electrons. The van der Waals surface area contributed by atoms with Crippen molar-refractivity contribution < 1.29 is 0 Å². The quantitative estimate of drug-likeness (QED) is 0.518. The van der Waals surface area contributed by atoms with Crippen LogP contribution >= 0.6 is 0 Å². The Balaban J connectivity index is 2.42. The van der Waals surface area contributed by atoms with Gasteiger partial charge in [-0.3, -0.25) is 0 Å². The molecule has 2 aliphatic rings. The molecule has 0 amide bonds. The van der Waals surface area contributed by atoms with Crippen molar-refractivity contribution in [1.82, 2.24) is 0 Å². The van der Waals surface area contributed by atoms with E-state index in [0.29, 0.717) is 10.8 Å². The van der Waals surface area contributed by atoms with Gasteiger partial charge in [-0.25, -0.2) is 0 Å². The van der Waals surface area contributed by atoms with Crippen LogP contribution in [0.5, 0.6) is 0 Å². The highest BCUT2D eigenvalue weighted by atomic mass is 14.5. The van der Waals surface area contributed by atoms with Crippen molar-refractivity contribution in [2.45, 2.75) is 80.6 Å². The van der Waals surface area contributed by atoms with Gasteiger partial charge in [0.05, 0.1) is 0 Å². The summed E-state index contributed by atoms with van der Waals surface area (Å²) in [6.45, 7) is 17.2. The smallest absolute Gasteiger partial charge is 0.0252 e. The second kappa shape index (κ2) is 4.93. The van der Waals surface area contributed by atoms with E-state index >= 15 is 0 Å². The van der Waals surface area contributed by atoms with Crippen molar-refractivity contribution >= 4 is 0 Å². The second-order valence-electron chi connectivity index (χ2n) is 8.79. The summed E-state index contributed by atoms with van der Waals surface area (Å²) in [4.78, 5) is 0. The van der Waals surface area contributed by atoms with E-state index in [1.54, 1.807) is 11.1 Å². The molecule has 2 unspecified atom stereocenters. The molecule has 0 heteroatoms. The van der Waals surface area contributed by atoms with Crippen LogP contribution < -0.4 is 0 Å². The average molecular weight is 262 g/mol. The van der Waals surface area contributed by atoms with E-state index in [-0.39, 0.29) is 0 Å². The maximum atomic E-state index is 2.58. The second-order valence-corrected chi connectivity index (χ2v) is 8.79. The van der Waals surface area contributed by atoms with Crippen LogP contribution in [0.4, 0.5) is 0 Å². The Hall–Kier alpha value is -0.260. The Bertz CT molecular complexity index is 369. The molecule has 1 fully saturated rings. The van der Waals surface area contributed by atoms with Crippen molar-refractivity contribution in [1.29, 1.82) is 0 Å². The van der Waals surface area contributed by atoms with Gasteiger partial charge in [-0.1, -0.05) is 66.0 Å². The molecule has 0 aliphatic heterocycles. The van der Waals surface area contributed by atoms with E-state index in [2.05, 4.69) is 48.5 Å². The van der Waals surface area contributed by atoms with Crippen LogP contribution in [0, 0.1) is 28.6 Å². The van der Waals surface area contributed by atoms with Crippen molar-refractivity contribution in [3.8, 4) is 0 Å². The third kappa shape index (κ3) is 2.65. The zero-order chi connectivity index (χ0) is 14.4. The molecule has 0 heterocycles. The highest BCUT2D eigenvalue weighted by molar-refractivity contribution is 5.26. The van der Waals surface area contributed by atoms with Gasteiger partial charge >= 0.3 is 0 Å². The van der Waals surface area contributed by atoms with E-state index in [4.69, 9.17) is 0 Å². The van der Waals surface area contributed by atoms with Gasteiger partial charge in [0.2, 0.25) is 0 Å². The average Bonchev–Trinajstić information content (AvgIpc) is 2.26. The van der Waals surface area contributed by atoms with Gasteiger partial charge in [-0.2, -0.15) is 0 Å². The molecule has 2 rings (SSSR count). The molecule has 0 aromatic carbocycles. The zero-order valence-electron chi connectivity index (χ0n) is 14.3. The molecule has 2 atom stereocenters. The maximum Gasteiger partial charge on any atom is -0.0252 e. The summed E-state index contributed by atoms with van der Waals surface area (Å²) in [6.07, 6.45) is 7.04. The molecule has 0 N–H and O–H groups in total. The molecule has 0 bridgehead atoms. The Morgan fingerprint density at radius 1 is 0.895 bits per heavy atom. The normalized spacial score (nSPS) is 34.9. The van der Waals surface area contributed by atoms with Crippen LogP contribution in [0.15, 0.2) is 11.1 Å². The summed E-state index contributed by atoms with van der Waals surface area (Å²) in [6, 6.07) is 0. The van der Waals surface area contributed by atoms with Crippen LogP contribution in [0.25, 0.3) is 0 Å². The molecule has 0 aromatic rings. The number of hydrogen-bond donors (Lipinski definition) is 0. The minimum absolute atomic E-state index is 0.537. The van der Waals surface area contributed by atoms with Crippen molar-refractivity contribution in [2.24, 2.45) is 28.6 Å². The van der Waals surface area contributed by atoms with Crippen LogP contribution in [-0.2, 0) is 0 Å². The van der Waals surface area contributed by atoms with E-state index in [9.17, 15) is 0 Å². The highest BCUT2D eigenvalue weighted by Crippen LogP contribution is 2.60. The number of hydrogen-bond acceptors (Lipinski definition) is 0. The Kier molecular flexibility index (Phi) is 3.93.